The summed E-state index contributed by atoms with van der Waals surface area (Å²) in [6, 6.07) is 0. The molecule has 0 N–H and O–H groups in total. The molecule has 2 fully saturated rings. The lowest BCUT2D eigenvalue weighted by Crippen LogP contribution is -2.27. The molecule has 0 amide bonds. The molecule has 2 rings (SSSR count). The number of Topliss-reactive ketones (excluding diaryl/α,β-unsaturated/α-hetero) is 1. The molecule has 2 aliphatic heterocycles. The Morgan fingerprint density at radius 1 is 1.27 bits per heavy atom. The predicted molar refractivity (Wildman–Crippen MR) is 65.3 cm³/mol. The second kappa shape index (κ2) is 4.88. The minimum absolute atomic E-state index is 0.392. The number of ketones is 1. The smallest absolute Gasteiger partial charge is 0.137 e. The maximum Gasteiger partial charge on any atom is 0.137 e. The standard InChI is InChI=1S/C12H21NOS/c1-13(2)6-5-12(14)9-7-10-3-4-11(8-9)15-10/h9-11H,3-8H2,1-2H3. The van der Waals surface area contributed by atoms with Gasteiger partial charge < -0.3 is 4.90 Å². The largest absolute Gasteiger partial charge is 0.309 e. The van der Waals surface area contributed by atoms with Crippen molar-refractivity contribution < 1.29 is 4.79 Å². The van der Waals surface area contributed by atoms with Gasteiger partial charge in [-0.05, 0) is 39.8 Å². The lowest BCUT2D eigenvalue weighted by Gasteiger charge is -2.26. The zero-order valence-corrected chi connectivity index (χ0v) is 10.6. The van der Waals surface area contributed by atoms with Gasteiger partial charge in [-0.3, -0.25) is 4.79 Å². The molecule has 15 heavy (non-hydrogen) atoms. The fourth-order valence-corrected chi connectivity index (χ4v) is 4.43. The second-order valence-electron chi connectivity index (χ2n) is 5.15. The van der Waals surface area contributed by atoms with E-state index in [4.69, 9.17) is 0 Å². The number of thioether (sulfide) groups is 1. The molecule has 2 atom stereocenters. The Hall–Kier alpha value is -0.0200. The van der Waals surface area contributed by atoms with Crippen molar-refractivity contribution in [1.82, 2.24) is 4.90 Å². The van der Waals surface area contributed by atoms with Crippen LogP contribution in [0.25, 0.3) is 0 Å². The van der Waals surface area contributed by atoms with E-state index in [2.05, 4.69) is 16.7 Å². The molecule has 0 aromatic heterocycles. The van der Waals surface area contributed by atoms with E-state index in [1.54, 1.807) is 0 Å². The van der Waals surface area contributed by atoms with Crippen LogP contribution in [0.15, 0.2) is 0 Å². The van der Waals surface area contributed by atoms with Crippen LogP contribution in [0.4, 0.5) is 0 Å². The topological polar surface area (TPSA) is 20.3 Å². The number of carbonyl (C=O) groups excluding carboxylic acids is 1. The van der Waals surface area contributed by atoms with Crippen molar-refractivity contribution in [3.8, 4) is 0 Å². The highest BCUT2D eigenvalue weighted by Crippen LogP contribution is 2.46. The van der Waals surface area contributed by atoms with Gasteiger partial charge >= 0.3 is 0 Å². The van der Waals surface area contributed by atoms with Crippen molar-refractivity contribution in [2.24, 2.45) is 5.92 Å². The minimum atomic E-state index is 0.392. The Kier molecular flexibility index (Phi) is 3.73. The fourth-order valence-electron chi connectivity index (χ4n) is 2.66. The number of fused-ring (bicyclic) bond motifs is 2. The highest BCUT2D eigenvalue weighted by atomic mass is 32.2. The van der Waals surface area contributed by atoms with Gasteiger partial charge in [-0.2, -0.15) is 11.8 Å². The van der Waals surface area contributed by atoms with E-state index in [1.807, 2.05) is 14.1 Å². The average molecular weight is 227 g/mol. The zero-order chi connectivity index (χ0) is 10.8. The predicted octanol–water partition coefficient (Wildman–Crippen LogP) is 2.18. The zero-order valence-electron chi connectivity index (χ0n) is 9.74. The van der Waals surface area contributed by atoms with Crippen LogP contribution in [0.2, 0.25) is 0 Å². The van der Waals surface area contributed by atoms with E-state index in [0.717, 1.165) is 36.3 Å². The van der Waals surface area contributed by atoms with Gasteiger partial charge in [0.05, 0.1) is 0 Å². The molecule has 2 aliphatic rings. The third-order valence-corrected chi connectivity index (χ3v) is 5.18. The maximum atomic E-state index is 12.0. The molecule has 0 aliphatic carbocycles. The van der Waals surface area contributed by atoms with Gasteiger partial charge in [0.15, 0.2) is 0 Å². The van der Waals surface area contributed by atoms with Gasteiger partial charge in [0.1, 0.15) is 5.78 Å². The van der Waals surface area contributed by atoms with Crippen molar-refractivity contribution in [3.63, 3.8) is 0 Å². The SMILES string of the molecule is CN(C)CCC(=O)C1CC2CCC(C1)S2. The quantitative estimate of drug-likeness (QED) is 0.734. The lowest BCUT2D eigenvalue weighted by molar-refractivity contribution is -0.123. The van der Waals surface area contributed by atoms with Gasteiger partial charge in [-0.15, -0.1) is 0 Å². The molecule has 0 saturated carbocycles. The second-order valence-corrected chi connectivity index (χ2v) is 6.75. The molecular formula is C12H21NOS. The first kappa shape index (κ1) is 11.5. The number of hydrogen-bond donors (Lipinski definition) is 0. The highest BCUT2D eigenvalue weighted by molar-refractivity contribution is 8.00. The third kappa shape index (κ3) is 2.97. The summed E-state index contributed by atoms with van der Waals surface area (Å²) in [7, 11) is 4.07. The van der Waals surface area contributed by atoms with Crippen LogP contribution >= 0.6 is 11.8 Å². The van der Waals surface area contributed by atoms with Gasteiger partial charge in [0.2, 0.25) is 0 Å². The van der Waals surface area contributed by atoms with Crippen LogP contribution in [0.3, 0.4) is 0 Å². The van der Waals surface area contributed by atoms with Crippen molar-refractivity contribution in [1.29, 1.82) is 0 Å². The van der Waals surface area contributed by atoms with E-state index in [1.165, 1.54) is 12.8 Å². The molecule has 0 aromatic carbocycles. The molecule has 2 nitrogen and oxygen atoms in total. The Morgan fingerprint density at radius 3 is 2.40 bits per heavy atom. The fraction of sp³-hybridized carbons (Fsp3) is 0.917. The van der Waals surface area contributed by atoms with E-state index in [-0.39, 0.29) is 0 Å². The van der Waals surface area contributed by atoms with Gasteiger partial charge in [-0.25, -0.2) is 0 Å². The van der Waals surface area contributed by atoms with Crippen LogP contribution in [-0.4, -0.2) is 41.8 Å². The average Bonchev–Trinajstić information content (AvgIpc) is 2.54. The van der Waals surface area contributed by atoms with E-state index in [9.17, 15) is 4.79 Å². The van der Waals surface area contributed by atoms with E-state index < -0.39 is 0 Å². The first-order chi connectivity index (χ1) is 7.15. The van der Waals surface area contributed by atoms with Crippen molar-refractivity contribution in [2.45, 2.75) is 42.6 Å². The summed E-state index contributed by atoms with van der Waals surface area (Å²) in [6.07, 6.45) is 5.78. The van der Waals surface area contributed by atoms with Gasteiger partial charge in [-0.1, -0.05) is 0 Å². The summed E-state index contributed by atoms with van der Waals surface area (Å²) in [5.74, 6) is 0.907. The summed E-state index contributed by atoms with van der Waals surface area (Å²) in [6.45, 7) is 0.914. The normalized spacial score (nSPS) is 34.7. The first-order valence-corrected chi connectivity index (χ1v) is 6.92. The number of nitrogens with zero attached hydrogens (tertiary/aromatic N) is 1. The molecule has 2 heterocycles. The molecular weight excluding hydrogens is 206 g/mol. The van der Waals surface area contributed by atoms with Crippen LogP contribution in [0.5, 0.6) is 0 Å². The Balaban J connectivity index is 1.81. The van der Waals surface area contributed by atoms with E-state index >= 15 is 0 Å². The van der Waals surface area contributed by atoms with Crippen molar-refractivity contribution in [2.75, 3.05) is 20.6 Å². The minimum Gasteiger partial charge on any atom is -0.309 e. The van der Waals surface area contributed by atoms with Crippen LogP contribution in [0, 0.1) is 5.92 Å². The van der Waals surface area contributed by atoms with Crippen molar-refractivity contribution in [3.05, 3.63) is 0 Å². The summed E-state index contributed by atoms with van der Waals surface area (Å²) in [5, 5.41) is 1.61. The Morgan fingerprint density at radius 2 is 1.87 bits per heavy atom. The number of carbonyl (C=O) groups is 1. The molecule has 2 saturated heterocycles. The molecule has 2 unspecified atom stereocenters. The molecule has 0 spiro atoms. The van der Waals surface area contributed by atoms with Crippen LogP contribution in [-0.2, 0) is 4.79 Å². The van der Waals surface area contributed by atoms with Gasteiger partial charge in [0, 0.05) is 29.4 Å². The van der Waals surface area contributed by atoms with Crippen LogP contribution in [0.1, 0.15) is 32.1 Å². The molecule has 86 valence electrons. The molecule has 0 aromatic rings. The Bertz CT molecular complexity index is 230. The molecule has 3 heteroatoms. The van der Waals surface area contributed by atoms with E-state index in [0.29, 0.717) is 11.7 Å². The molecule has 2 bridgehead atoms. The summed E-state index contributed by atoms with van der Waals surface area (Å²) < 4.78 is 0. The number of rotatable bonds is 4. The maximum absolute atomic E-state index is 12.0. The molecule has 0 radical (unpaired) electrons. The van der Waals surface area contributed by atoms with Crippen LogP contribution < -0.4 is 0 Å². The summed E-state index contributed by atoms with van der Waals surface area (Å²) in [5.41, 5.74) is 0. The summed E-state index contributed by atoms with van der Waals surface area (Å²) in [4.78, 5) is 14.1. The van der Waals surface area contributed by atoms with Crippen molar-refractivity contribution >= 4 is 17.5 Å². The summed E-state index contributed by atoms with van der Waals surface area (Å²) >= 11 is 2.14. The number of hydrogen-bond acceptors (Lipinski definition) is 3. The Labute approximate surface area is 96.8 Å². The first-order valence-electron chi connectivity index (χ1n) is 5.98. The highest BCUT2D eigenvalue weighted by Gasteiger charge is 2.37. The lowest BCUT2D eigenvalue weighted by atomic mass is 9.93. The van der Waals surface area contributed by atoms with Gasteiger partial charge in [0.25, 0.3) is 0 Å². The monoisotopic (exact) mass is 227 g/mol. The third-order valence-electron chi connectivity index (χ3n) is 3.55.